The van der Waals surface area contributed by atoms with Crippen molar-refractivity contribution >= 4 is 0 Å². The first-order valence-electron chi connectivity index (χ1n) is 6.95. The van der Waals surface area contributed by atoms with E-state index in [9.17, 15) is 5.11 Å². The van der Waals surface area contributed by atoms with Crippen molar-refractivity contribution in [3.05, 3.63) is 34.9 Å². The highest BCUT2D eigenvalue weighted by molar-refractivity contribution is 5.33. The first kappa shape index (κ1) is 12.2. The van der Waals surface area contributed by atoms with Crippen molar-refractivity contribution < 1.29 is 5.11 Å². The first-order valence-corrected chi connectivity index (χ1v) is 6.95. The number of nitrogens with one attached hydrogen (secondary N) is 1. The maximum absolute atomic E-state index is 10.1. The molecule has 3 rings (SSSR count). The van der Waals surface area contributed by atoms with Gasteiger partial charge in [-0.25, -0.2) is 0 Å². The van der Waals surface area contributed by atoms with E-state index < -0.39 is 0 Å². The van der Waals surface area contributed by atoms with E-state index in [1.54, 1.807) is 0 Å². The largest absolute Gasteiger partial charge is 0.390 e. The Morgan fingerprint density at radius 3 is 3.06 bits per heavy atom. The Hall–Kier alpha value is -0.900. The third-order valence-corrected chi connectivity index (χ3v) is 4.29. The molecule has 0 bridgehead atoms. The minimum atomic E-state index is -0.217. The number of fused-ring (bicyclic) bond motifs is 1. The molecule has 1 aromatic rings. The lowest BCUT2D eigenvalue weighted by molar-refractivity contribution is 0.0220. The van der Waals surface area contributed by atoms with Gasteiger partial charge in [-0.15, -0.1) is 0 Å². The van der Waals surface area contributed by atoms with Crippen LogP contribution in [-0.2, 0) is 13.0 Å². The van der Waals surface area contributed by atoms with Crippen molar-refractivity contribution in [2.45, 2.75) is 38.5 Å². The lowest BCUT2D eigenvalue weighted by atomic mass is 9.94. The van der Waals surface area contributed by atoms with E-state index in [0.29, 0.717) is 6.04 Å². The molecule has 3 heteroatoms. The van der Waals surface area contributed by atoms with Gasteiger partial charge in [0.25, 0.3) is 0 Å². The van der Waals surface area contributed by atoms with Gasteiger partial charge in [0.15, 0.2) is 0 Å². The zero-order valence-electron chi connectivity index (χ0n) is 11.0. The van der Waals surface area contributed by atoms with E-state index >= 15 is 0 Å². The molecule has 0 unspecified atom stereocenters. The highest BCUT2D eigenvalue weighted by Gasteiger charge is 2.30. The van der Waals surface area contributed by atoms with Crippen LogP contribution in [0.1, 0.15) is 23.1 Å². The molecule has 0 saturated carbocycles. The van der Waals surface area contributed by atoms with Gasteiger partial charge in [-0.05, 0) is 37.4 Å². The Labute approximate surface area is 109 Å². The summed E-state index contributed by atoms with van der Waals surface area (Å²) in [6.45, 7) is 6.00. The number of rotatable bonds is 1. The number of hydrogen-bond acceptors (Lipinski definition) is 3. The zero-order chi connectivity index (χ0) is 12.5. The van der Waals surface area contributed by atoms with Crippen LogP contribution in [0.25, 0.3) is 0 Å². The number of aliphatic hydroxyl groups is 1. The molecule has 2 atom stereocenters. The number of aryl methyl sites for hydroxylation is 1. The van der Waals surface area contributed by atoms with E-state index in [1.807, 2.05) is 0 Å². The van der Waals surface area contributed by atoms with Crippen molar-refractivity contribution in [2.24, 2.45) is 0 Å². The highest BCUT2D eigenvalue weighted by atomic mass is 16.3. The van der Waals surface area contributed by atoms with Crippen LogP contribution in [0.2, 0.25) is 0 Å². The summed E-state index contributed by atoms with van der Waals surface area (Å²) in [6, 6.07) is 7.10. The van der Waals surface area contributed by atoms with Crippen molar-refractivity contribution in [3.63, 3.8) is 0 Å². The van der Waals surface area contributed by atoms with E-state index in [2.05, 4.69) is 35.3 Å². The molecule has 1 saturated heterocycles. The molecule has 1 aromatic carbocycles. The molecule has 3 nitrogen and oxygen atoms in total. The number of aliphatic hydroxyl groups excluding tert-OH is 1. The lowest BCUT2D eigenvalue weighted by Crippen LogP contribution is -2.53. The summed E-state index contributed by atoms with van der Waals surface area (Å²) in [5.74, 6) is 0. The molecule has 2 heterocycles. The fourth-order valence-electron chi connectivity index (χ4n) is 3.25. The van der Waals surface area contributed by atoms with Gasteiger partial charge in [0.2, 0.25) is 0 Å². The molecule has 0 spiro atoms. The van der Waals surface area contributed by atoms with Gasteiger partial charge in [0.05, 0.1) is 6.10 Å². The number of benzene rings is 1. The molecular weight excluding hydrogens is 224 g/mol. The second-order valence-corrected chi connectivity index (χ2v) is 5.62. The van der Waals surface area contributed by atoms with Gasteiger partial charge in [-0.3, -0.25) is 4.90 Å². The summed E-state index contributed by atoms with van der Waals surface area (Å²) in [5, 5.41) is 13.4. The van der Waals surface area contributed by atoms with Gasteiger partial charge in [0, 0.05) is 25.7 Å². The van der Waals surface area contributed by atoms with Crippen molar-refractivity contribution in [1.82, 2.24) is 10.2 Å². The molecule has 0 amide bonds. The van der Waals surface area contributed by atoms with Crippen LogP contribution in [0.3, 0.4) is 0 Å². The summed E-state index contributed by atoms with van der Waals surface area (Å²) < 4.78 is 0. The predicted octanol–water partition coefficient (Wildman–Crippen LogP) is 1.08. The molecule has 18 heavy (non-hydrogen) atoms. The molecule has 2 aliphatic rings. The number of β-amino-alcohol motifs (C(OH)–C–C–N with tert-alkyl or cyclic N) is 1. The van der Waals surface area contributed by atoms with Crippen LogP contribution in [0, 0.1) is 6.92 Å². The van der Waals surface area contributed by atoms with Gasteiger partial charge in [0.1, 0.15) is 0 Å². The number of piperidine rings is 1. The average molecular weight is 246 g/mol. The van der Waals surface area contributed by atoms with Gasteiger partial charge < -0.3 is 10.4 Å². The van der Waals surface area contributed by atoms with E-state index in [1.165, 1.54) is 16.7 Å². The summed E-state index contributed by atoms with van der Waals surface area (Å²) >= 11 is 0. The molecule has 98 valence electrons. The molecular formula is C15H22N2O. The van der Waals surface area contributed by atoms with Crippen molar-refractivity contribution in [1.29, 1.82) is 0 Å². The standard InChI is InChI=1S/C15H22N2O/c1-11-2-3-12-5-7-17(10-13(12)8-11)14-4-6-16-9-15(14)18/h2-3,8,14-16,18H,4-7,9-10H2,1H3/t14-,15-/m1/s1. The predicted molar refractivity (Wildman–Crippen MR) is 72.6 cm³/mol. The monoisotopic (exact) mass is 246 g/mol. The van der Waals surface area contributed by atoms with Gasteiger partial charge in [-0.1, -0.05) is 23.8 Å². The lowest BCUT2D eigenvalue weighted by Gasteiger charge is -2.40. The molecule has 0 radical (unpaired) electrons. The van der Waals surface area contributed by atoms with Crippen LogP contribution >= 0.6 is 0 Å². The van der Waals surface area contributed by atoms with Gasteiger partial charge in [-0.2, -0.15) is 0 Å². The smallest absolute Gasteiger partial charge is 0.0820 e. The Kier molecular flexibility index (Phi) is 3.37. The molecule has 2 N–H and O–H groups in total. The van der Waals surface area contributed by atoms with Crippen LogP contribution in [0.5, 0.6) is 0 Å². The zero-order valence-corrected chi connectivity index (χ0v) is 11.0. The second kappa shape index (κ2) is 5.00. The maximum Gasteiger partial charge on any atom is 0.0820 e. The number of hydrogen-bond donors (Lipinski definition) is 2. The molecule has 2 aliphatic heterocycles. The topological polar surface area (TPSA) is 35.5 Å². The van der Waals surface area contributed by atoms with Gasteiger partial charge >= 0.3 is 0 Å². The molecule has 0 aliphatic carbocycles. The first-order chi connectivity index (χ1) is 8.74. The average Bonchev–Trinajstić information content (AvgIpc) is 2.38. The summed E-state index contributed by atoms with van der Waals surface area (Å²) in [7, 11) is 0. The van der Waals surface area contributed by atoms with Crippen molar-refractivity contribution in [2.75, 3.05) is 19.6 Å². The SMILES string of the molecule is Cc1ccc2c(c1)CN([C@@H]1CCNC[C@H]1O)CC2. The minimum absolute atomic E-state index is 0.217. The van der Waals surface area contributed by atoms with Crippen LogP contribution < -0.4 is 5.32 Å². The third kappa shape index (κ3) is 2.30. The van der Waals surface area contributed by atoms with E-state index in [-0.39, 0.29) is 6.10 Å². The fourth-order valence-corrected chi connectivity index (χ4v) is 3.25. The fraction of sp³-hybridized carbons (Fsp3) is 0.600. The highest BCUT2D eigenvalue weighted by Crippen LogP contribution is 2.24. The normalized spacial score (nSPS) is 29.0. The summed E-state index contributed by atoms with van der Waals surface area (Å²) in [5.41, 5.74) is 4.27. The number of nitrogens with zero attached hydrogens (tertiary/aromatic N) is 1. The molecule has 0 aromatic heterocycles. The maximum atomic E-state index is 10.1. The van der Waals surface area contributed by atoms with Crippen LogP contribution in [-0.4, -0.2) is 41.8 Å². The van der Waals surface area contributed by atoms with E-state index in [4.69, 9.17) is 0 Å². The molecule has 1 fully saturated rings. The second-order valence-electron chi connectivity index (χ2n) is 5.62. The Morgan fingerprint density at radius 2 is 2.22 bits per heavy atom. The quantitative estimate of drug-likeness (QED) is 0.778. The minimum Gasteiger partial charge on any atom is -0.390 e. The Morgan fingerprint density at radius 1 is 1.33 bits per heavy atom. The third-order valence-electron chi connectivity index (χ3n) is 4.29. The van der Waals surface area contributed by atoms with Crippen LogP contribution in [0.15, 0.2) is 18.2 Å². The van der Waals surface area contributed by atoms with Crippen LogP contribution in [0.4, 0.5) is 0 Å². The summed E-state index contributed by atoms with van der Waals surface area (Å²) in [4.78, 5) is 2.47. The summed E-state index contributed by atoms with van der Waals surface area (Å²) in [6.07, 6.45) is 1.96. The Bertz CT molecular complexity index is 433. The van der Waals surface area contributed by atoms with Crippen molar-refractivity contribution in [3.8, 4) is 0 Å². The Balaban J connectivity index is 1.77. The van der Waals surface area contributed by atoms with E-state index in [0.717, 1.165) is 39.0 Å².